The molecule has 0 saturated carbocycles. The SMILES string of the molecule is OC[C@H]1NCCC1c1ccc(Cl)c(Cl)c1. The van der Waals surface area contributed by atoms with E-state index >= 15 is 0 Å². The van der Waals surface area contributed by atoms with E-state index in [0.717, 1.165) is 18.5 Å². The van der Waals surface area contributed by atoms with Crippen molar-refractivity contribution in [3.05, 3.63) is 33.8 Å². The van der Waals surface area contributed by atoms with Crippen molar-refractivity contribution in [3.8, 4) is 0 Å². The fourth-order valence-corrected chi connectivity index (χ4v) is 2.41. The molecule has 0 radical (unpaired) electrons. The highest BCUT2D eigenvalue weighted by Gasteiger charge is 2.27. The number of nitrogens with one attached hydrogen (secondary N) is 1. The minimum Gasteiger partial charge on any atom is -0.395 e. The average molecular weight is 246 g/mol. The Bertz CT molecular complexity index is 356. The zero-order chi connectivity index (χ0) is 10.8. The lowest BCUT2D eigenvalue weighted by Crippen LogP contribution is -2.29. The fraction of sp³-hybridized carbons (Fsp3) is 0.455. The smallest absolute Gasteiger partial charge is 0.0595 e. The van der Waals surface area contributed by atoms with Crippen molar-refractivity contribution >= 4 is 23.2 Å². The molecule has 1 aromatic rings. The Morgan fingerprint density at radius 1 is 1.33 bits per heavy atom. The molecule has 2 rings (SSSR count). The summed E-state index contributed by atoms with van der Waals surface area (Å²) in [4.78, 5) is 0. The summed E-state index contributed by atoms with van der Waals surface area (Å²) in [6.07, 6.45) is 1.03. The summed E-state index contributed by atoms with van der Waals surface area (Å²) >= 11 is 11.8. The number of aliphatic hydroxyl groups is 1. The molecule has 4 heteroatoms. The number of rotatable bonds is 2. The molecule has 15 heavy (non-hydrogen) atoms. The molecular formula is C11H13Cl2NO. The molecule has 0 aromatic heterocycles. The van der Waals surface area contributed by atoms with E-state index in [4.69, 9.17) is 23.2 Å². The van der Waals surface area contributed by atoms with E-state index in [0.29, 0.717) is 16.0 Å². The van der Waals surface area contributed by atoms with Crippen LogP contribution in [0.2, 0.25) is 10.0 Å². The average Bonchev–Trinajstić information content (AvgIpc) is 2.70. The number of halogens is 2. The van der Waals surface area contributed by atoms with Crippen LogP contribution in [0.3, 0.4) is 0 Å². The second-order valence-electron chi connectivity index (χ2n) is 3.81. The van der Waals surface area contributed by atoms with Gasteiger partial charge in [-0.3, -0.25) is 0 Å². The van der Waals surface area contributed by atoms with Crippen LogP contribution in [0.5, 0.6) is 0 Å². The van der Waals surface area contributed by atoms with Gasteiger partial charge >= 0.3 is 0 Å². The van der Waals surface area contributed by atoms with Gasteiger partial charge < -0.3 is 10.4 Å². The van der Waals surface area contributed by atoms with Crippen molar-refractivity contribution in [1.29, 1.82) is 0 Å². The number of hydrogen-bond acceptors (Lipinski definition) is 2. The summed E-state index contributed by atoms with van der Waals surface area (Å²) in [6, 6.07) is 5.83. The largest absolute Gasteiger partial charge is 0.395 e. The molecule has 0 amide bonds. The van der Waals surface area contributed by atoms with Crippen molar-refractivity contribution in [2.24, 2.45) is 0 Å². The highest BCUT2D eigenvalue weighted by atomic mass is 35.5. The first-order chi connectivity index (χ1) is 7.22. The van der Waals surface area contributed by atoms with Gasteiger partial charge in [0.05, 0.1) is 16.7 Å². The van der Waals surface area contributed by atoms with Gasteiger partial charge in [-0.1, -0.05) is 29.3 Å². The molecule has 0 bridgehead atoms. The van der Waals surface area contributed by atoms with E-state index in [-0.39, 0.29) is 12.6 Å². The predicted octanol–water partition coefficient (Wildman–Crippen LogP) is 2.43. The Labute approximate surface area is 99.2 Å². The molecular weight excluding hydrogens is 233 g/mol. The first kappa shape index (κ1) is 11.2. The van der Waals surface area contributed by atoms with Crippen molar-refractivity contribution in [2.75, 3.05) is 13.2 Å². The molecule has 82 valence electrons. The van der Waals surface area contributed by atoms with Gasteiger partial charge in [-0.05, 0) is 30.7 Å². The Balaban J connectivity index is 2.25. The third kappa shape index (κ3) is 2.28. The quantitative estimate of drug-likeness (QED) is 0.839. The van der Waals surface area contributed by atoms with Crippen LogP contribution < -0.4 is 5.32 Å². The van der Waals surface area contributed by atoms with Crippen LogP contribution in [-0.4, -0.2) is 24.3 Å². The molecule has 1 unspecified atom stereocenters. The van der Waals surface area contributed by atoms with Crippen LogP contribution in [0.15, 0.2) is 18.2 Å². The van der Waals surface area contributed by atoms with E-state index in [1.54, 1.807) is 0 Å². The van der Waals surface area contributed by atoms with Crippen LogP contribution >= 0.6 is 23.2 Å². The Kier molecular flexibility index (Phi) is 3.52. The van der Waals surface area contributed by atoms with E-state index in [9.17, 15) is 5.11 Å². The van der Waals surface area contributed by atoms with Gasteiger partial charge in [0.2, 0.25) is 0 Å². The highest BCUT2D eigenvalue weighted by Crippen LogP contribution is 2.31. The summed E-state index contributed by atoms with van der Waals surface area (Å²) < 4.78 is 0. The molecule has 2 nitrogen and oxygen atoms in total. The van der Waals surface area contributed by atoms with Gasteiger partial charge in [0, 0.05) is 12.0 Å². The van der Waals surface area contributed by atoms with Crippen LogP contribution in [-0.2, 0) is 0 Å². The van der Waals surface area contributed by atoms with Crippen LogP contribution in [0.1, 0.15) is 17.9 Å². The van der Waals surface area contributed by atoms with Gasteiger partial charge in [-0.2, -0.15) is 0 Å². The predicted molar refractivity (Wildman–Crippen MR) is 62.7 cm³/mol. The third-order valence-corrected chi connectivity index (χ3v) is 3.66. The van der Waals surface area contributed by atoms with E-state index in [1.165, 1.54) is 0 Å². The molecule has 1 aliphatic rings. The first-order valence-corrected chi connectivity index (χ1v) is 5.77. The molecule has 1 aromatic carbocycles. The summed E-state index contributed by atoms with van der Waals surface area (Å²) in [5, 5.41) is 13.6. The first-order valence-electron chi connectivity index (χ1n) is 5.01. The van der Waals surface area contributed by atoms with Crippen molar-refractivity contribution < 1.29 is 5.11 Å². The molecule has 1 fully saturated rings. The highest BCUT2D eigenvalue weighted by molar-refractivity contribution is 6.42. The van der Waals surface area contributed by atoms with Crippen LogP contribution in [0, 0.1) is 0 Å². The van der Waals surface area contributed by atoms with Crippen molar-refractivity contribution in [2.45, 2.75) is 18.4 Å². The van der Waals surface area contributed by atoms with Gasteiger partial charge in [0.25, 0.3) is 0 Å². The molecule has 0 spiro atoms. The number of benzene rings is 1. The van der Waals surface area contributed by atoms with Gasteiger partial charge in [0.1, 0.15) is 0 Å². The summed E-state index contributed by atoms with van der Waals surface area (Å²) in [7, 11) is 0. The molecule has 2 atom stereocenters. The Morgan fingerprint density at radius 2 is 2.13 bits per heavy atom. The standard InChI is InChI=1S/C11H13Cl2NO/c12-9-2-1-7(5-10(9)13)8-3-4-14-11(8)6-15/h1-2,5,8,11,14-15H,3-4,6H2/t8?,11-/m1/s1. The van der Waals surface area contributed by atoms with Crippen molar-refractivity contribution in [1.82, 2.24) is 5.32 Å². The zero-order valence-corrected chi connectivity index (χ0v) is 9.72. The van der Waals surface area contributed by atoms with Crippen molar-refractivity contribution in [3.63, 3.8) is 0 Å². The fourth-order valence-electron chi connectivity index (χ4n) is 2.10. The molecule has 0 aliphatic carbocycles. The lowest BCUT2D eigenvalue weighted by atomic mass is 9.92. The normalized spacial score (nSPS) is 25.8. The maximum Gasteiger partial charge on any atom is 0.0595 e. The lowest BCUT2D eigenvalue weighted by molar-refractivity contribution is 0.245. The maximum atomic E-state index is 9.20. The van der Waals surface area contributed by atoms with Gasteiger partial charge in [-0.25, -0.2) is 0 Å². The van der Waals surface area contributed by atoms with Crippen LogP contribution in [0.25, 0.3) is 0 Å². The molecule has 2 N–H and O–H groups in total. The van der Waals surface area contributed by atoms with E-state index in [1.807, 2.05) is 18.2 Å². The Hall–Kier alpha value is -0.280. The van der Waals surface area contributed by atoms with Crippen LogP contribution in [0.4, 0.5) is 0 Å². The topological polar surface area (TPSA) is 32.3 Å². The zero-order valence-electron chi connectivity index (χ0n) is 8.21. The minimum absolute atomic E-state index is 0.141. The monoisotopic (exact) mass is 245 g/mol. The van der Waals surface area contributed by atoms with E-state index < -0.39 is 0 Å². The second-order valence-corrected chi connectivity index (χ2v) is 4.63. The molecule has 1 heterocycles. The summed E-state index contributed by atoms with van der Waals surface area (Å²) in [5.41, 5.74) is 1.15. The summed E-state index contributed by atoms with van der Waals surface area (Å²) in [6.45, 7) is 1.10. The molecule has 1 saturated heterocycles. The van der Waals surface area contributed by atoms with E-state index in [2.05, 4.69) is 5.32 Å². The molecule has 1 aliphatic heterocycles. The number of aliphatic hydroxyl groups excluding tert-OH is 1. The maximum absolute atomic E-state index is 9.20. The summed E-state index contributed by atoms with van der Waals surface area (Å²) in [5.74, 6) is 0.338. The number of hydrogen-bond donors (Lipinski definition) is 2. The lowest BCUT2D eigenvalue weighted by Gasteiger charge is -2.17. The minimum atomic E-state index is 0.141. The van der Waals surface area contributed by atoms with Gasteiger partial charge in [-0.15, -0.1) is 0 Å². The van der Waals surface area contributed by atoms with Gasteiger partial charge in [0.15, 0.2) is 0 Å². The second kappa shape index (κ2) is 4.71. The third-order valence-electron chi connectivity index (χ3n) is 2.92. The Morgan fingerprint density at radius 3 is 2.80 bits per heavy atom.